The van der Waals surface area contributed by atoms with Crippen LogP contribution in [0.25, 0.3) is 0 Å². The molecule has 4 aromatic rings. The molecule has 4 rings (SSSR count). The van der Waals surface area contributed by atoms with Gasteiger partial charge in [0.2, 0.25) is 0 Å². The van der Waals surface area contributed by atoms with Crippen LogP contribution in [0.5, 0.6) is 0 Å². The zero-order chi connectivity index (χ0) is 30.4. The van der Waals surface area contributed by atoms with Gasteiger partial charge in [-0.15, -0.1) is 0 Å². The molecular formula is C34H45N7O. The van der Waals surface area contributed by atoms with E-state index in [1.807, 2.05) is 20.8 Å². The number of benzene rings is 1. The number of aromatic nitrogens is 4. The van der Waals surface area contributed by atoms with Crippen molar-refractivity contribution >= 4 is 17.5 Å². The van der Waals surface area contributed by atoms with Crippen LogP contribution in [0.1, 0.15) is 92.8 Å². The first-order valence-electron chi connectivity index (χ1n) is 15.0. The van der Waals surface area contributed by atoms with Crippen LogP contribution >= 0.6 is 0 Å². The summed E-state index contributed by atoms with van der Waals surface area (Å²) in [6.07, 6.45) is 2.61. The van der Waals surface area contributed by atoms with Crippen LogP contribution < -0.4 is 16.0 Å². The monoisotopic (exact) mass is 567 g/mol. The molecule has 0 aliphatic rings. The Labute approximate surface area is 250 Å². The van der Waals surface area contributed by atoms with E-state index in [9.17, 15) is 4.79 Å². The maximum Gasteiger partial charge on any atom is 0.272 e. The largest absolute Gasteiger partial charge is 0.366 e. The van der Waals surface area contributed by atoms with E-state index in [0.29, 0.717) is 25.3 Å². The van der Waals surface area contributed by atoms with Gasteiger partial charge in [0.05, 0.1) is 0 Å². The van der Waals surface area contributed by atoms with E-state index < -0.39 is 0 Å². The smallest absolute Gasteiger partial charge is 0.272 e. The molecule has 1 aromatic carbocycles. The Balaban J connectivity index is 1.78. The summed E-state index contributed by atoms with van der Waals surface area (Å²) in [5.41, 5.74) is 13.3. The lowest BCUT2D eigenvalue weighted by Gasteiger charge is -2.27. The molecule has 0 spiro atoms. The maximum atomic E-state index is 13.0. The van der Waals surface area contributed by atoms with Crippen molar-refractivity contribution in [1.29, 1.82) is 0 Å². The van der Waals surface area contributed by atoms with Crippen molar-refractivity contribution in [3.63, 3.8) is 0 Å². The van der Waals surface area contributed by atoms with Crippen LogP contribution in [-0.2, 0) is 38.9 Å². The number of aromatic amines is 1. The minimum Gasteiger partial charge on any atom is -0.366 e. The summed E-state index contributed by atoms with van der Waals surface area (Å²) in [5.74, 6) is 1.57. The summed E-state index contributed by atoms with van der Waals surface area (Å²) in [7, 11) is 0. The second-order valence-electron chi connectivity index (χ2n) is 11.1. The standard InChI is InChI=1S/C34H45N7O/c1-9-25-28(17-35-32-14-20(4)12-22(6)38-32)26(10-2)30(19-37-34(42)31-16-24(8)40-41-31)27(11-3)29(25)18-36-33-15-21(5)13-23(7)39-33/h12-16H,9-11,17-19H2,1-8H3,(H,35,38)(H,36,39)(H,37,42)(H,40,41). The second-order valence-corrected chi connectivity index (χ2v) is 11.1. The SMILES string of the molecule is CCc1c(CNC(=O)c2cc(C)[nH]n2)c(CC)c(CNc2cc(C)cc(C)n2)c(CC)c1CNc1cc(C)cc(C)n1. The van der Waals surface area contributed by atoms with Crippen LogP contribution in [0, 0.1) is 34.6 Å². The lowest BCUT2D eigenvalue weighted by atomic mass is 9.83. The third-order valence-electron chi connectivity index (χ3n) is 7.70. The molecule has 0 saturated heterocycles. The molecule has 8 nitrogen and oxygen atoms in total. The Bertz CT molecular complexity index is 1450. The zero-order valence-corrected chi connectivity index (χ0v) is 26.4. The summed E-state index contributed by atoms with van der Waals surface area (Å²) in [6, 6.07) is 10.1. The molecule has 222 valence electrons. The van der Waals surface area contributed by atoms with Gasteiger partial charge >= 0.3 is 0 Å². The van der Waals surface area contributed by atoms with Crippen molar-refractivity contribution in [3.8, 4) is 0 Å². The predicted octanol–water partition coefficient (Wildman–Crippen LogP) is 6.58. The maximum absolute atomic E-state index is 13.0. The van der Waals surface area contributed by atoms with E-state index >= 15 is 0 Å². The quantitative estimate of drug-likeness (QED) is 0.154. The molecule has 3 aromatic heterocycles. The van der Waals surface area contributed by atoms with Gasteiger partial charge in [0.15, 0.2) is 0 Å². The predicted molar refractivity (Wildman–Crippen MR) is 171 cm³/mol. The van der Waals surface area contributed by atoms with Crippen LogP contribution in [0.15, 0.2) is 30.3 Å². The first-order valence-corrected chi connectivity index (χ1v) is 15.0. The van der Waals surface area contributed by atoms with E-state index in [0.717, 1.165) is 48.0 Å². The molecule has 0 bridgehead atoms. The van der Waals surface area contributed by atoms with Crippen LogP contribution in [0.3, 0.4) is 0 Å². The Morgan fingerprint density at radius 1 is 0.643 bits per heavy atom. The highest BCUT2D eigenvalue weighted by molar-refractivity contribution is 5.92. The van der Waals surface area contributed by atoms with Gasteiger partial charge in [0, 0.05) is 36.7 Å². The summed E-state index contributed by atoms with van der Waals surface area (Å²) in [4.78, 5) is 22.5. The van der Waals surface area contributed by atoms with E-state index in [2.05, 4.69) is 85.0 Å². The number of carbonyl (C=O) groups is 1. The number of nitrogens with zero attached hydrogens (tertiary/aromatic N) is 3. The van der Waals surface area contributed by atoms with Gasteiger partial charge in [-0.05, 0) is 129 Å². The highest BCUT2D eigenvalue weighted by Crippen LogP contribution is 2.32. The molecule has 0 unspecified atom stereocenters. The molecule has 42 heavy (non-hydrogen) atoms. The number of aryl methyl sites for hydroxylation is 5. The summed E-state index contributed by atoms with van der Waals surface area (Å²) in [6.45, 7) is 18.5. The summed E-state index contributed by atoms with van der Waals surface area (Å²) < 4.78 is 0. The third-order valence-corrected chi connectivity index (χ3v) is 7.70. The van der Waals surface area contributed by atoms with Crippen molar-refractivity contribution in [2.24, 2.45) is 0 Å². The number of hydrogen-bond acceptors (Lipinski definition) is 6. The summed E-state index contributed by atoms with van der Waals surface area (Å²) >= 11 is 0. The second kappa shape index (κ2) is 13.6. The van der Waals surface area contributed by atoms with Crippen molar-refractivity contribution in [1.82, 2.24) is 25.5 Å². The molecule has 1 amide bonds. The van der Waals surface area contributed by atoms with E-state index in [1.165, 1.54) is 44.5 Å². The molecule has 0 aliphatic heterocycles. The number of nitrogens with one attached hydrogen (secondary N) is 4. The molecule has 0 saturated carbocycles. The first kappa shape index (κ1) is 30.8. The van der Waals surface area contributed by atoms with Gasteiger partial charge in [-0.1, -0.05) is 20.8 Å². The number of amides is 1. The summed E-state index contributed by atoms with van der Waals surface area (Å²) in [5, 5.41) is 17.4. The van der Waals surface area contributed by atoms with Gasteiger partial charge in [-0.2, -0.15) is 5.10 Å². The number of anilines is 2. The molecule has 0 aliphatic carbocycles. The topological polar surface area (TPSA) is 108 Å². The molecule has 4 N–H and O–H groups in total. The van der Waals surface area contributed by atoms with E-state index in [1.54, 1.807) is 6.07 Å². The fourth-order valence-corrected chi connectivity index (χ4v) is 6.03. The number of carbonyl (C=O) groups excluding carboxylic acids is 1. The Kier molecular flexibility index (Phi) is 9.99. The van der Waals surface area contributed by atoms with Crippen LogP contribution in [-0.4, -0.2) is 26.1 Å². The lowest BCUT2D eigenvalue weighted by molar-refractivity contribution is 0.0945. The molecule has 0 fully saturated rings. The van der Waals surface area contributed by atoms with Gasteiger partial charge in [-0.3, -0.25) is 9.89 Å². The zero-order valence-electron chi connectivity index (χ0n) is 26.4. The fourth-order valence-electron chi connectivity index (χ4n) is 6.03. The number of H-pyrrole nitrogens is 1. The van der Waals surface area contributed by atoms with E-state index in [4.69, 9.17) is 9.97 Å². The minimum absolute atomic E-state index is 0.179. The first-order chi connectivity index (χ1) is 20.1. The third kappa shape index (κ3) is 7.16. The van der Waals surface area contributed by atoms with Gasteiger partial charge < -0.3 is 16.0 Å². The molecule has 3 heterocycles. The van der Waals surface area contributed by atoms with Gasteiger partial charge in [-0.25, -0.2) is 9.97 Å². The van der Waals surface area contributed by atoms with Crippen molar-refractivity contribution in [2.75, 3.05) is 10.6 Å². The minimum atomic E-state index is -0.179. The van der Waals surface area contributed by atoms with Crippen LogP contribution in [0.4, 0.5) is 11.6 Å². The van der Waals surface area contributed by atoms with Crippen molar-refractivity contribution < 1.29 is 4.79 Å². The highest BCUT2D eigenvalue weighted by atomic mass is 16.1. The van der Waals surface area contributed by atoms with Crippen LogP contribution in [0.2, 0.25) is 0 Å². The van der Waals surface area contributed by atoms with Crippen molar-refractivity contribution in [2.45, 2.75) is 94.3 Å². The molecule has 0 atom stereocenters. The highest BCUT2D eigenvalue weighted by Gasteiger charge is 2.22. The van der Waals surface area contributed by atoms with Gasteiger partial charge in [0.25, 0.3) is 5.91 Å². The molecule has 0 radical (unpaired) electrons. The molecule has 8 heteroatoms. The number of pyridine rings is 2. The Morgan fingerprint density at radius 3 is 1.48 bits per heavy atom. The average Bonchev–Trinajstić information content (AvgIpc) is 3.38. The fraction of sp³-hybridized carbons (Fsp3) is 0.412. The molecular weight excluding hydrogens is 522 g/mol. The Hall–Kier alpha value is -4.20. The number of rotatable bonds is 12. The Morgan fingerprint density at radius 2 is 1.10 bits per heavy atom. The van der Waals surface area contributed by atoms with E-state index in [-0.39, 0.29) is 5.91 Å². The number of hydrogen-bond donors (Lipinski definition) is 4. The van der Waals surface area contributed by atoms with Gasteiger partial charge in [0.1, 0.15) is 17.3 Å². The lowest BCUT2D eigenvalue weighted by Crippen LogP contribution is -2.26. The average molecular weight is 568 g/mol. The van der Waals surface area contributed by atoms with Crippen molar-refractivity contribution in [3.05, 3.63) is 97.6 Å². The normalized spacial score (nSPS) is 11.0.